The van der Waals surface area contributed by atoms with Gasteiger partial charge < -0.3 is 19.8 Å². The van der Waals surface area contributed by atoms with E-state index in [2.05, 4.69) is 10.6 Å². The van der Waals surface area contributed by atoms with Crippen LogP contribution in [0.5, 0.6) is 5.75 Å². The topological polar surface area (TPSA) is 63.5 Å². The average molecular weight is 495 g/mol. The summed E-state index contributed by atoms with van der Waals surface area (Å²) in [6.45, 7) is 2.30. The lowest BCUT2D eigenvalue weighted by molar-refractivity contribution is -0.137. The minimum Gasteiger partial charge on any atom is -0.497 e. The first-order valence-corrected chi connectivity index (χ1v) is 11.4. The second-order valence-corrected chi connectivity index (χ2v) is 8.06. The molecule has 8 heteroatoms. The highest BCUT2D eigenvalue weighted by atomic mass is 19.4. The van der Waals surface area contributed by atoms with Crippen LogP contribution in [0.2, 0.25) is 0 Å². The summed E-state index contributed by atoms with van der Waals surface area (Å²) in [6, 6.07) is 21.0. The number of anilines is 2. The number of rotatable bonds is 8. The number of amides is 1. The molecule has 0 saturated carbocycles. The number of ether oxygens (including phenoxy) is 1. The van der Waals surface area contributed by atoms with Gasteiger partial charge in [-0.3, -0.25) is 4.79 Å². The monoisotopic (exact) mass is 494 g/mol. The molecule has 1 amide bonds. The van der Waals surface area contributed by atoms with Gasteiger partial charge in [0.15, 0.2) is 5.88 Å². The van der Waals surface area contributed by atoms with E-state index in [9.17, 15) is 18.0 Å². The lowest BCUT2D eigenvalue weighted by atomic mass is 10.0. The number of furan rings is 1. The summed E-state index contributed by atoms with van der Waals surface area (Å²) in [6.07, 6.45) is -4.00. The number of alkyl halides is 3. The van der Waals surface area contributed by atoms with Crippen LogP contribution < -0.4 is 15.4 Å². The third-order valence-corrected chi connectivity index (χ3v) is 5.71. The van der Waals surface area contributed by atoms with Gasteiger partial charge in [0, 0.05) is 23.4 Å². The lowest BCUT2D eigenvalue weighted by Crippen LogP contribution is -2.14. The molecule has 4 rings (SSSR count). The van der Waals surface area contributed by atoms with Gasteiger partial charge in [-0.05, 0) is 48.4 Å². The highest BCUT2D eigenvalue weighted by Crippen LogP contribution is 2.38. The molecule has 1 aromatic heterocycles. The molecule has 0 fully saturated rings. The van der Waals surface area contributed by atoms with E-state index in [0.717, 1.165) is 23.4 Å². The molecule has 0 aliphatic heterocycles. The molecule has 0 bridgehead atoms. The molecule has 3 aromatic carbocycles. The predicted octanol–water partition coefficient (Wildman–Crippen LogP) is 7.40. The van der Waals surface area contributed by atoms with Crippen molar-refractivity contribution in [1.29, 1.82) is 0 Å². The average Bonchev–Trinajstić information content (AvgIpc) is 3.26. The number of halogens is 3. The van der Waals surface area contributed by atoms with Gasteiger partial charge in [-0.15, -0.1) is 0 Å². The van der Waals surface area contributed by atoms with Gasteiger partial charge in [0.1, 0.15) is 11.5 Å². The van der Waals surface area contributed by atoms with Crippen molar-refractivity contribution in [3.63, 3.8) is 0 Å². The Morgan fingerprint density at radius 1 is 0.944 bits per heavy atom. The fourth-order valence-electron chi connectivity index (χ4n) is 3.84. The summed E-state index contributed by atoms with van der Waals surface area (Å²) in [5.74, 6) is 0.914. The van der Waals surface area contributed by atoms with E-state index in [1.54, 1.807) is 31.4 Å². The molecule has 2 N–H and O–H groups in total. The Balaban J connectivity index is 1.71. The third-order valence-electron chi connectivity index (χ3n) is 5.71. The Kier molecular flexibility index (Phi) is 7.33. The number of para-hydroxylation sites is 1. The number of methoxy groups -OCH3 is 1. The maximum atomic E-state index is 13.4. The van der Waals surface area contributed by atoms with Gasteiger partial charge in [0.05, 0.1) is 18.2 Å². The molecule has 0 unspecified atom stereocenters. The van der Waals surface area contributed by atoms with Gasteiger partial charge in [0.2, 0.25) is 0 Å². The molecule has 0 atom stereocenters. The minimum atomic E-state index is -4.46. The lowest BCUT2D eigenvalue weighted by Gasteiger charge is -2.09. The quantitative estimate of drug-likeness (QED) is 0.268. The second-order valence-electron chi connectivity index (χ2n) is 8.06. The van der Waals surface area contributed by atoms with Crippen molar-refractivity contribution < 1.29 is 27.1 Å². The molecule has 36 heavy (non-hydrogen) atoms. The molecule has 0 aliphatic carbocycles. The van der Waals surface area contributed by atoms with Crippen molar-refractivity contribution in [3.8, 4) is 17.1 Å². The largest absolute Gasteiger partial charge is 0.497 e. The molecule has 1 heterocycles. The Bertz CT molecular complexity index is 1310. The van der Waals surface area contributed by atoms with Crippen LogP contribution in [-0.2, 0) is 19.1 Å². The fourth-order valence-corrected chi connectivity index (χ4v) is 3.84. The number of carbonyl (C=O) groups excluding carboxylic acids is 1. The zero-order valence-electron chi connectivity index (χ0n) is 19.8. The SMILES string of the molecule is CCc1c(NCc2ccc(OC)cc2)oc(-c2ccc(C(F)(F)F)cc2)c1C(=O)Nc1ccccc1. The smallest absolute Gasteiger partial charge is 0.416 e. The van der Waals surface area contributed by atoms with Crippen molar-refractivity contribution in [2.45, 2.75) is 26.1 Å². The van der Waals surface area contributed by atoms with E-state index in [4.69, 9.17) is 9.15 Å². The van der Waals surface area contributed by atoms with E-state index in [-0.39, 0.29) is 11.3 Å². The van der Waals surface area contributed by atoms with Crippen LogP contribution in [0, 0.1) is 0 Å². The Morgan fingerprint density at radius 2 is 1.61 bits per heavy atom. The standard InChI is InChI=1S/C28H25F3N2O3/c1-3-23-24(26(34)33-21-7-5-4-6-8-21)25(19-11-13-20(14-12-19)28(29,30)31)36-27(23)32-17-18-9-15-22(35-2)16-10-18/h4-16,32H,3,17H2,1-2H3,(H,33,34). The zero-order chi connectivity index (χ0) is 25.7. The van der Waals surface area contributed by atoms with E-state index in [1.807, 2.05) is 37.3 Å². The summed E-state index contributed by atoms with van der Waals surface area (Å²) in [5.41, 5.74) is 2.05. The van der Waals surface area contributed by atoms with Crippen LogP contribution in [0.15, 0.2) is 83.3 Å². The summed E-state index contributed by atoms with van der Waals surface area (Å²) in [4.78, 5) is 13.4. The molecular weight excluding hydrogens is 469 g/mol. The zero-order valence-corrected chi connectivity index (χ0v) is 19.8. The summed E-state index contributed by atoms with van der Waals surface area (Å²) < 4.78 is 50.6. The van der Waals surface area contributed by atoms with Crippen molar-refractivity contribution in [3.05, 3.63) is 101 Å². The summed E-state index contributed by atoms with van der Waals surface area (Å²) in [5, 5.41) is 6.09. The molecule has 4 aromatic rings. The third kappa shape index (κ3) is 5.54. The van der Waals surface area contributed by atoms with Gasteiger partial charge in [0.25, 0.3) is 5.91 Å². The fraction of sp³-hybridized carbons (Fsp3) is 0.179. The van der Waals surface area contributed by atoms with Gasteiger partial charge in [-0.25, -0.2) is 0 Å². The van der Waals surface area contributed by atoms with E-state index >= 15 is 0 Å². The Labute approximate surface area is 206 Å². The van der Waals surface area contributed by atoms with Gasteiger partial charge in [-0.2, -0.15) is 13.2 Å². The van der Waals surface area contributed by atoms with Crippen molar-refractivity contribution in [1.82, 2.24) is 0 Å². The number of carbonyl (C=O) groups is 1. The molecule has 0 aliphatic rings. The van der Waals surface area contributed by atoms with Crippen LogP contribution in [0.1, 0.15) is 34.0 Å². The summed E-state index contributed by atoms with van der Waals surface area (Å²) in [7, 11) is 1.59. The predicted molar refractivity (Wildman–Crippen MR) is 133 cm³/mol. The first kappa shape index (κ1) is 24.9. The Hall–Kier alpha value is -4.20. The first-order valence-electron chi connectivity index (χ1n) is 11.4. The molecule has 186 valence electrons. The number of hydrogen-bond acceptors (Lipinski definition) is 4. The van der Waals surface area contributed by atoms with Crippen molar-refractivity contribution in [2.24, 2.45) is 0 Å². The molecule has 0 radical (unpaired) electrons. The number of hydrogen-bond donors (Lipinski definition) is 2. The molecular formula is C28H25F3N2O3. The maximum absolute atomic E-state index is 13.4. The first-order chi connectivity index (χ1) is 17.3. The van der Waals surface area contributed by atoms with E-state index in [0.29, 0.717) is 35.7 Å². The maximum Gasteiger partial charge on any atom is 0.416 e. The van der Waals surface area contributed by atoms with E-state index < -0.39 is 17.6 Å². The van der Waals surface area contributed by atoms with E-state index in [1.165, 1.54) is 12.1 Å². The van der Waals surface area contributed by atoms with Crippen molar-refractivity contribution in [2.75, 3.05) is 17.7 Å². The van der Waals surface area contributed by atoms with Crippen molar-refractivity contribution >= 4 is 17.5 Å². The Morgan fingerprint density at radius 3 is 2.19 bits per heavy atom. The van der Waals surface area contributed by atoms with Crippen LogP contribution in [0.4, 0.5) is 24.7 Å². The highest BCUT2D eigenvalue weighted by Gasteiger charge is 2.31. The van der Waals surface area contributed by atoms with Crippen LogP contribution >= 0.6 is 0 Å². The number of nitrogens with one attached hydrogen (secondary N) is 2. The van der Waals surface area contributed by atoms with Crippen LogP contribution in [-0.4, -0.2) is 13.0 Å². The molecule has 0 saturated heterocycles. The van der Waals surface area contributed by atoms with Gasteiger partial charge in [-0.1, -0.05) is 49.4 Å². The second kappa shape index (κ2) is 10.6. The van der Waals surface area contributed by atoms with Crippen LogP contribution in [0.3, 0.4) is 0 Å². The highest BCUT2D eigenvalue weighted by molar-refractivity contribution is 6.10. The minimum absolute atomic E-state index is 0.200. The van der Waals surface area contributed by atoms with Gasteiger partial charge >= 0.3 is 6.18 Å². The van der Waals surface area contributed by atoms with Crippen LogP contribution in [0.25, 0.3) is 11.3 Å². The molecule has 5 nitrogen and oxygen atoms in total. The normalized spacial score (nSPS) is 11.2. The molecule has 0 spiro atoms. The number of benzene rings is 3. The summed E-state index contributed by atoms with van der Waals surface area (Å²) >= 11 is 0.